The second-order valence-corrected chi connectivity index (χ2v) is 9.60. The lowest BCUT2D eigenvalue weighted by atomic mass is 9.63. The molecule has 1 N–H and O–H groups in total. The first-order chi connectivity index (χ1) is 16.3. The molecule has 0 radical (unpaired) electrons. The maximum atomic E-state index is 13.4. The lowest BCUT2D eigenvalue weighted by molar-refractivity contribution is -0.158. The van der Waals surface area contributed by atoms with E-state index in [1.807, 2.05) is 30.9 Å². The van der Waals surface area contributed by atoms with Crippen LogP contribution in [0.15, 0.2) is 35.1 Å². The molecule has 1 spiro atoms. The number of hydrogen-bond donors (Lipinski definition) is 1. The topological polar surface area (TPSA) is 115 Å². The van der Waals surface area contributed by atoms with Gasteiger partial charge in [0, 0.05) is 24.5 Å². The Labute approximate surface area is 199 Å². The third-order valence-electron chi connectivity index (χ3n) is 7.11. The number of amides is 2. The van der Waals surface area contributed by atoms with Crippen LogP contribution in [0, 0.1) is 5.41 Å². The number of carbonyl (C=O) groups excluding carboxylic acids is 3. The maximum absolute atomic E-state index is 13.4. The van der Waals surface area contributed by atoms with Crippen molar-refractivity contribution in [2.24, 2.45) is 5.41 Å². The molecule has 10 heteroatoms. The van der Waals surface area contributed by atoms with Crippen LogP contribution in [0.2, 0.25) is 5.02 Å². The van der Waals surface area contributed by atoms with Crippen LogP contribution in [0.5, 0.6) is 0 Å². The molecule has 3 aliphatic heterocycles. The molecule has 0 bridgehead atoms. The number of ketones is 1. The molecule has 5 heterocycles. The molecular weight excluding hydrogens is 460 g/mol. The van der Waals surface area contributed by atoms with Crippen LogP contribution in [-0.4, -0.2) is 52.5 Å². The van der Waals surface area contributed by atoms with Crippen molar-refractivity contribution in [1.82, 2.24) is 15.5 Å². The van der Waals surface area contributed by atoms with Gasteiger partial charge in [0.1, 0.15) is 16.1 Å². The number of anilines is 1. The molecule has 2 amide bonds. The minimum atomic E-state index is -1.47. The minimum absolute atomic E-state index is 0.0941. The Bertz CT molecular complexity index is 1350. The monoisotopic (exact) mass is 480 g/mol. The molecule has 9 nitrogen and oxygen atoms in total. The van der Waals surface area contributed by atoms with E-state index in [9.17, 15) is 14.4 Å². The van der Waals surface area contributed by atoms with E-state index in [0.29, 0.717) is 33.9 Å². The zero-order valence-corrected chi connectivity index (χ0v) is 19.3. The van der Waals surface area contributed by atoms with Crippen molar-refractivity contribution in [3.63, 3.8) is 0 Å². The number of hydrogen-bond acceptors (Lipinski definition) is 8. The van der Waals surface area contributed by atoms with E-state index in [4.69, 9.17) is 20.9 Å². The predicted octanol–water partition coefficient (Wildman–Crippen LogP) is 2.68. The summed E-state index contributed by atoms with van der Waals surface area (Å²) >= 11 is 6.93. The Kier molecular flexibility index (Phi) is 4.59. The van der Waals surface area contributed by atoms with Crippen molar-refractivity contribution in [2.75, 3.05) is 11.4 Å². The summed E-state index contributed by atoms with van der Waals surface area (Å²) in [6.45, 7) is 4.20. The first-order valence-electron chi connectivity index (χ1n) is 11.1. The Morgan fingerprint density at radius 2 is 2.09 bits per heavy atom. The number of imide groups is 1. The van der Waals surface area contributed by atoms with E-state index in [0.717, 1.165) is 11.1 Å². The summed E-state index contributed by atoms with van der Waals surface area (Å²) in [6.07, 6.45) is 2.48. The van der Waals surface area contributed by atoms with Gasteiger partial charge in [-0.25, -0.2) is 0 Å². The minimum Gasteiger partial charge on any atom is -0.372 e. The number of morpholine rings is 1. The highest BCUT2D eigenvalue weighted by atomic mass is 35.5. The van der Waals surface area contributed by atoms with Gasteiger partial charge in [-0.1, -0.05) is 16.8 Å². The molecule has 1 aromatic carbocycles. The largest absolute Gasteiger partial charge is 0.372 e. The summed E-state index contributed by atoms with van der Waals surface area (Å²) in [6, 6.07) is 4.93. The number of nitrogens with one attached hydrogen (secondary N) is 1. The van der Waals surface area contributed by atoms with Crippen LogP contribution in [0.4, 0.5) is 5.69 Å². The molecule has 1 unspecified atom stereocenters. The number of piperidine rings is 1. The molecular formula is C24H21ClN4O5. The van der Waals surface area contributed by atoms with Gasteiger partial charge < -0.3 is 14.2 Å². The number of rotatable bonds is 1. The molecule has 3 aliphatic rings. The van der Waals surface area contributed by atoms with Gasteiger partial charge in [0.05, 0.1) is 35.7 Å². The third-order valence-corrected chi connectivity index (χ3v) is 7.46. The number of aromatic nitrogens is 2. The SMILES string of the molecule is C[C@@H]1CN2c3c(cc4c(-c5cccnc5)noc4c3Cl)CC3(C(=O)CC(=O)NC3=O)[C@H]2[C@H](C)O1. The van der Waals surface area contributed by atoms with Crippen molar-refractivity contribution in [1.29, 1.82) is 0 Å². The number of Topliss-reactive ketones (excluding diaryl/α,β-unsaturated/α-hetero) is 1. The Morgan fingerprint density at radius 3 is 2.82 bits per heavy atom. The maximum Gasteiger partial charge on any atom is 0.242 e. The summed E-state index contributed by atoms with van der Waals surface area (Å²) in [7, 11) is 0. The second-order valence-electron chi connectivity index (χ2n) is 9.22. The smallest absolute Gasteiger partial charge is 0.242 e. The Morgan fingerprint density at radius 1 is 1.26 bits per heavy atom. The third kappa shape index (κ3) is 2.80. The summed E-state index contributed by atoms with van der Waals surface area (Å²) in [5, 5.41) is 7.68. The number of nitrogens with zero attached hydrogens (tertiary/aromatic N) is 3. The fraction of sp³-hybridized carbons (Fsp3) is 0.375. The van der Waals surface area contributed by atoms with Gasteiger partial charge >= 0.3 is 0 Å². The van der Waals surface area contributed by atoms with Gasteiger partial charge in [-0.3, -0.25) is 24.7 Å². The average Bonchev–Trinajstić information content (AvgIpc) is 3.21. The predicted molar refractivity (Wildman–Crippen MR) is 122 cm³/mol. The van der Waals surface area contributed by atoms with Crippen molar-refractivity contribution in [3.8, 4) is 11.3 Å². The molecule has 2 saturated heterocycles. The number of halogens is 1. The van der Waals surface area contributed by atoms with Crippen molar-refractivity contribution in [2.45, 2.75) is 44.9 Å². The van der Waals surface area contributed by atoms with E-state index in [1.165, 1.54) is 0 Å². The summed E-state index contributed by atoms with van der Waals surface area (Å²) in [5.41, 5.74) is 1.71. The number of carbonyl (C=O) groups is 3. The van der Waals surface area contributed by atoms with E-state index in [-0.39, 0.29) is 18.9 Å². The van der Waals surface area contributed by atoms with Gasteiger partial charge in [0.25, 0.3) is 0 Å². The lowest BCUT2D eigenvalue weighted by Gasteiger charge is -2.55. The standard InChI is InChI=1S/C24H21ClN4O5/c1-11-10-29-20-14(6-15-19(13-4-3-5-26-9-13)28-34-21(15)18(20)25)8-24(22(29)12(2)33-11)16(30)7-17(31)27-23(24)32/h3-6,9,11-12,22H,7-8,10H2,1-2H3,(H,27,31,32)/t11-,12+,22-,24?/m1/s1. The molecule has 0 saturated carbocycles. The molecule has 174 valence electrons. The van der Waals surface area contributed by atoms with Crippen LogP contribution in [0.1, 0.15) is 25.8 Å². The zero-order valence-electron chi connectivity index (χ0n) is 18.5. The highest BCUT2D eigenvalue weighted by Crippen LogP contribution is 2.52. The first kappa shape index (κ1) is 21.2. The highest BCUT2D eigenvalue weighted by molar-refractivity contribution is 6.38. The number of ether oxygens (including phenoxy) is 1. The fourth-order valence-corrected chi connectivity index (χ4v) is 6.22. The molecule has 2 fully saturated rings. The van der Waals surface area contributed by atoms with E-state index in [1.54, 1.807) is 18.5 Å². The molecule has 4 atom stereocenters. The van der Waals surface area contributed by atoms with E-state index >= 15 is 0 Å². The van der Waals surface area contributed by atoms with Gasteiger partial charge in [-0.15, -0.1) is 0 Å². The number of pyridine rings is 1. The van der Waals surface area contributed by atoms with Crippen molar-refractivity contribution >= 4 is 45.9 Å². The zero-order chi connectivity index (χ0) is 23.8. The van der Waals surface area contributed by atoms with Crippen molar-refractivity contribution in [3.05, 3.63) is 41.2 Å². The Balaban J connectivity index is 1.61. The molecule has 0 aliphatic carbocycles. The van der Waals surface area contributed by atoms with Gasteiger partial charge in [0.2, 0.25) is 11.8 Å². The fourth-order valence-electron chi connectivity index (χ4n) is 5.86. The van der Waals surface area contributed by atoms with Crippen LogP contribution >= 0.6 is 11.6 Å². The Hall–Kier alpha value is -3.30. The molecule has 6 rings (SSSR count). The van der Waals surface area contributed by atoms with E-state index < -0.39 is 35.2 Å². The number of benzene rings is 1. The number of fused-ring (bicyclic) bond motifs is 5. The molecule has 2 aromatic heterocycles. The van der Waals surface area contributed by atoms with Crippen molar-refractivity contribution < 1.29 is 23.6 Å². The summed E-state index contributed by atoms with van der Waals surface area (Å²) in [5.74, 6) is -1.57. The molecule has 34 heavy (non-hydrogen) atoms. The van der Waals surface area contributed by atoms with Gasteiger partial charge in [0.15, 0.2) is 11.4 Å². The average molecular weight is 481 g/mol. The van der Waals surface area contributed by atoms with Gasteiger partial charge in [-0.05, 0) is 44.0 Å². The van der Waals surface area contributed by atoms with Crippen LogP contribution in [-0.2, 0) is 25.5 Å². The highest BCUT2D eigenvalue weighted by Gasteiger charge is 2.62. The molecule has 3 aromatic rings. The summed E-state index contributed by atoms with van der Waals surface area (Å²) in [4.78, 5) is 44.9. The lowest BCUT2D eigenvalue weighted by Crippen LogP contribution is -2.72. The first-order valence-corrected chi connectivity index (χ1v) is 11.5. The quantitative estimate of drug-likeness (QED) is 0.417. The van der Waals surface area contributed by atoms with Crippen LogP contribution in [0.3, 0.4) is 0 Å². The second kappa shape index (κ2) is 7.35. The van der Waals surface area contributed by atoms with E-state index in [2.05, 4.69) is 15.5 Å². The van der Waals surface area contributed by atoms with Crippen LogP contribution in [0.25, 0.3) is 22.2 Å². The normalized spacial score (nSPS) is 28.7. The summed E-state index contributed by atoms with van der Waals surface area (Å²) < 4.78 is 11.7. The van der Waals surface area contributed by atoms with Crippen LogP contribution < -0.4 is 10.2 Å². The van der Waals surface area contributed by atoms with Gasteiger partial charge in [-0.2, -0.15) is 0 Å².